The maximum atomic E-state index is 11.6. The minimum Gasteiger partial charge on any atom is -0.346 e. The number of aromatic amines is 1. The Morgan fingerprint density at radius 2 is 2.29 bits per heavy atom. The van der Waals surface area contributed by atoms with Crippen molar-refractivity contribution in [3.05, 3.63) is 36.2 Å². The van der Waals surface area contributed by atoms with Crippen LogP contribution in [0.1, 0.15) is 31.7 Å². The molecule has 2 N–H and O–H groups in total. The number of allylic oxidation sites excluding steroid dienone is 1. The minimum absolute atomic E-state index is 0.0160. The quantitative estimate of drug-likeness (QED) is 0.911. The van der Waals surface area contributed by atoms with Gasteiger partial charge in [0.2, 0.25) is 10.0 Å². The van der Waals surface area contributed by atoms with Crippen molar-refractivity contribution in [2.45, 2.75) is 32.2 Å². The fourth-order valence-corrected chi connectivity index (χ4v) is 3.65. The van der Waals surface area contributed by atoms with Crippen LogP contribution in [0.4, 0.5) is 0 Å². The number of pyridine rings is 1. The van der Waals surface area contributed by atoms with Crippen LogP contribution in [-0.2, 0) is 10.0 Å². The Kier molecular flexibility index (Phi) is 3.82. The molecule has 1 atom stereocenters. The smallest absolute Gasteiger partial charge is 0.211 e. The first kappa shape index (κ1) is 14.3. The lowest BCUT2D eigenvalue weighted by Gasteiger charge is -2.23. The number of hydrogen-bond donors (Lipinski definition) is 2. The highest BCUT2D eigenvalue weighted by molar-refractivity contribution is 7.89. The summed E-state index contributed by atoms with van der Waals surface area (Å²) >= 11 is 0. The fourth-order valence-electron chi connectivity index (χ4n) is 2.76. The summed E-state index contributed by atoms with van der Waals surface area (Å²) in [7, 11) is -3.12. The Hall–Kier alpha value is -1.66. The molecule has 0 aromatic carbocycles. The van der Waals surface area contributed by atoms with E-state index in [0.717, 1.165) is 30.3 Å². The summed E-state index contributed by atoms with van der Waals surface area (Å²) in [5.74, 6) is 0.133. The second kappa shape index (κ2) is 5.61. The molecule has 0 amide bonds. The predicted molar refractivity (Wildman–Crippen MR) is 84.3 cm³/mol. The van der Waals surface area contributed by atoms with Crippen molar-refractivity contribution in [3.8, 4) is 0 Å². The van der Waals surface area contributed by atoms with Crippen LogP contribution in [0, 0.1) is 0 Å². The molecule has 112 valence electrons. The lowest BCUT2D eigenvalue weighted by Crippen LogP contribution is -2.36. The van der Waals surface area contributed by atoms with E-state index in [-0.39, 0.29) is 11.8 Å². The molecule has 2 heterocycles. The molecular formula is C15H19N3O2S. The third-order valence-electron chi connectivity index (χ3n) is 3.94. The molecule has 2 aromatic heterocycles. The highest BCUT2D eigenvalue weighted by Crippen LogP contribution is 2.31. The van der Waals surface area contributed by atoms with Crippen molar-refractivity contribution in [3.63, 3.8) is 0 Å². The van der Waals surface area contributed by atoms with E-state index >= 15 is 0 Å². The van der Waals surface area contributed by atoms with E-state index in [1.54, 1.807) is 13.1 Å². The Bertz CT molecular complexity index is 777. The van der Waals surface area contributed by atoms with Gasteiger partial charge in [0.05, 0.1) is 5.75 Å². The van der Waals surface area contributed by atoms with Crippen molar-refractivity contribution >= 4 is 26.6 Å². The van der Waals surface area contributed by atoms with E-state index in [2.05, 4.69) is 20.8 Å². The molecule has 0 saturated heterocycles. The van der Waals surface area contributed by atoms with Gasteiger partial charge in [0.25, 0.3) is 0 Å². The molecule has 0 fully saturated rings. The molecule has 21 heavy (non-hydrogen) atoms. The van der Waals surface area contributed by atoms with E-state index in [1.165, 1.54) is 11.1 Å². The first-order valence-corrected chi connectivity index (χ1v) is 8.86. The highest BCUT2D eigenvalue weighted by atomic mass is 32.2. The Morgan fingerprint density at radius 1 is 1.43 bits per heavy atom. The largest absolute Gasteiger partial charge is 0.346 e. The Morgan fingerprint density at radius 3 is 3.00 bits per heavy atom. The van der Waals surface area contributed by atoms with Gasteiger partial charge in [-0.3, -0.25) is 0 Å². The SMILES string of the molecule is CCS(=O)(=O)NC1CC=C(c2ccnc3[nH]ccc23)CC1. The summed E-state index contributed by atoms with van der Waals surface area (Å²) in [4.78, 5) is 7.41. The van der Waals surface area contributed by atoms with Gasteiger partial charge in [0, 0.05) is 23.8 Å². The third-order valence-corrected chi connectivity index (χ3v) is 5.40. The van der Waals surface area contributed by atoms with Gasteiger partial charge in [-0.15, -0.1) is 0 Å². The summed E-state index contributed by atoms with van der Waals surface area (Å²) < 4.78 is 26.0. The number of H-pyrrole nitrogens is 1. The zero-order valence-electron chi connectivity index (χ0n) is 12.0. The molecule has 0 aliphatic heterocycles. The van der Waals surface area contributed by atoms with Gasteiger partial charge < -0.3 is 4.98 Å². The van der Waals surface area contributed by atoms with Gasteiger partial charge in [-0.05, 0) is 49.5 Å². The second-order valence-corrected chi connectivity index (χ2v) is 7.36. The van der Waals surface area contributed by atoms with E-state index in [4.69, 9.17) is 0 Å². The average molecular weight is 305 g/mol. The molecule has 0 bridgehead atoms. The van der Waals surface area contributed by atoms with Crippen LogP contribution in [0.15, 0.2) is 30.6 Å². The number of rotatable bonds is 4. The number of aromatic nitrogens is 2. The van der Waals surface area contributed by atoms with Crippen LogP contribution < -0.4 is 4.72 Å². The zero-order chi connectivity index (χ0) is 14.9. The number of fused-ring (bicyclic) bond motifs is 1. The molecular weight excluding hydrogens is 286 g/mol. The Labute approximate surface area is 124 Å². The van der Waals surface area contributed by atoms with Gasteiger partial charge in [-0.1, -0.05) is 6.08 Å². The van der Waals surface area contributed by atoms with Crippen LogP contribution >= 0.6 is 0 Å². The molecule has 2 aromatic rings. The van der Waals surface area contributed by atoms with Gasteiger partial charge in [-0.25, -0.2) is 18.1 Å². The van der Waals surface area contributed by atoms with E-state index in [0.29, 0.717) is 0 Å². The van der Waals surface area contributed by atoms with Crippen LogP contribution in [-0.4, -0.2) is 30.2 Å². The van der Waals surface area contributed by atoms with Crippen molar-refractivity contribution in [2.75, 3.05) is 5.75 Å². The molecule has 1 aliphatic rings. The first-order valence-electron chi connectivity index (χ1n) is 7.20. The molecule has 0 saturated carbocycles. The molecule has 6 heteroatoms. The van der Waals surface area contributed by atoms with Crippen LogP contribution in [0.3, 0.4) is 0 Å². The standard InChI is InChI=1S/C15H19N3O2S/c1-2-21(19,20)18-12-5-3-11(4-6-12)13-7-9-16-15-14(13)8-10-17-15/h3,7-10,12,18H,2,4-6H2,1H3,(H,16,17). The number of hydrogen-bond acceptors (Lipinski definition) is 3. The minimum atomic E-state index is -3.12. The molecule has 5 nitrogen and oxygen atoms in total. The lowest BCUT2D eigenvalue weighted by molar-refractivity contribution is 0.526. The molecule has 0 radical (unpaired) electrons. The highest BCUT2D eigenvalue weighted by Gasteiger charge is 2.20. The topological polar surface area (TPSA) is 74.8 Å². The maximum absolute atomic E-state index is 11.6. The van der Waals surface area contributed by atoms with E-state index < -0.39 is 10.0 Å². The summed E-state index contributed by atoms with van der Waals surface area (Å²) in [5.41, 5.74) is 3.36. The summed E-state index contributed by atoms with van der Waals surface area (Å²) in [6, 6.07) is 4.07. The zero-order valence-corrected chi connectivity index (χ0v) is 12.8. The van der Waals surface area contributed by atoms with Crippen LogP contribution in [0.5, 0.6) is 0 Å². The van der Waals surface area contributed by atoms with Crippen LogP contribution in [0.2, 0.25) is 0 Å². The molecule has 0 spiro atoms. The average Bonchev–Trinajstić information content (AvgIpc) is 2.96. The molecule has 3 rings (SSSR count). The van der Waals surface area contributed by atoms with Crippen molar-refractivity contribution < 1.29 is 8.42 Å². The van der Waals surface area contributed by atoms with E-state index in [1.807, 2.05) is 18.3 Å². The van der Waals surface area contributed by atoms with Crippen LogP contribution in [0.25, 0.3) is 16.6 Å². The molecule has 1 unspecified atom stereocenters. The number of sulfonamides is 1. The van der Waals surface area contributed by atoms with Gasteiger partial charge >= 0.3 is 0 Å². The fraction of sp³-hybridized carbons (Fsp3) is 0.400. The Balaban J connectivity index is 1.80. The van der Waals surface area contributed by atoms with Crippen molar-refractivity contribution in [1.82, 2.24) is 14.7 Å². The third kappa shape index (κ3) is 3.01. The summed E-state index contributed by atoms with van der Waals surface area (Å²) in [6.07, 6.45) is 8.29. The predicted octanol–water partition coefficient (Wildman–Crippen LogP) is 2.44. The lowest BCUT2D eigenvalue weighted by atomic mass is 9.90. The van der Waals surface area contributed by atoms with Gasteiger partial charge in [0.1, 0.15) is 5.65 Å². The van der Waals surface area contributed by atoms with E-state index in [9.17, 15) is 8.42 Å². The van der Waals surface area contributed by atoms with Gasteiger partial charge in [0.15, 0.2) is 0 Å². The first-order chi connectivity index (χ1) is 10.1. The monoisotopic (exact) mass is 305 g/mol. The maximum Gasteiger partial charge on any atom is 0.211 e. The molecule has 1 aliphatic carbocycles. The van der Waals surface area contributed by atoms with Crippen molar-refractivity contribution in [1.29, 1.82) is 0 Å². The normalized spacial score (nSPS) is 19.7. The van der Waals surface area contributed by atoms with Gasteiger partial charge in [-0.2, -0.15) is 0 Å². The summed E-state index contributed by atoms with van der Waals surface area (Å²) in [6.45, 7) is 1.66. The summed E-state index contributed by atoms with van der Waals surface area (Å²) in [5, 5.41) is 1.12. The number of nitrogens with one attached hydrogen (secondary N) is 2. The number of nitrogens with zero attached hydrogens (tertiary/aromatic N) is 1. The second-order valence-electron chi connectivity index (χ2n) is 5.32. The van der Waals surface area contributed by atoms with Crippen molar-refractivity contribution in [2.24, 2.45) is 0 Å².